The first-order valence-corrected chi connectivity index (χ1v) is 9.07. The number of aliphatic imine (C=N–C) groups is 1. The van der Waals surface area contributed by atoms with Crippen LogP contribution in [0.5, 0.6) is 0 Å². The molecule has 26 heavy (non-hydrogen) atoms. The van der Waals surface area contributed by atoms with Crippen LogP contribution in [0, 0.1) is 6.92 Å². The van der Waals surface area contributed by atoms with E-state index in [0.717, 1.165) is 25.1 Å². The largest absolute Gasteiger partial charge is 0.386 e. The molecule has 0 bridgehead atoms. The van der Waals surface area contributed by atoms with Gasteiger partial charge in [-0.05, 0) is 32.8 Å². The molecule has 6 nitrogen and oxygen atoms in total. The number of nitrogens with zero attached hydrogens (tertiary/aromatic N) is 1. The van der Waals surface area contributed by atoms with Crippen LogP contribution in [-0.2, 0) is 9.47 Å². The lowest BCUT2D eigenvalue weighted by Gasteiger charge is -2.20. The lowest BCUT2D eigenvalue weighted by atomic mass is 10.1. The van der Waals surface area contributed by atoms with Crippen LogP contribution in [0.15, 0.2) is 29.3 Å². The highest BCUT2D eigenvalue weighted by molar-refractivity contribution is 14.0. The van der Waals surface area contributed by atoms with Gasteiger partial charge < -0.3 is 25.2 Å². The predicted molar refractivity (Wildman–Crippen MR) is 115 cm³/mol. The molecule has 0 saturated carbocycles. The molecule has 1 saturated heterocycles. The van der Waals surface area contributed by atoms with E-state index in [-0.39, 0.29) is 36.1 Å². The Kier molecular flexibility index (Phi) is 11.1. The van der Waals surface area contributed by atoms with Crippen LogP contribution in [0.1, 0.15) is 37.5 Å². The number of hydrogen-bond acceptors (Lipinski definition) is 4. The van der Waals surface area contributed by atoms with E-state index in [1.54, 1.807) is 0 Å². The van der Waals surface area contributed by atoms with Crippen molar-refractivity contribution in [1.82, 2.24) is 10.6 Å². The first-order valence-electron chi connectivity index (χ1n) is 9.07. The number of nitrogens with one attached hydrogen (secondary N) is 2. The number of aliphatic hydroxyl groups is 1. The van der Waals surface area contributed by atoms with Gasteiger partial charge in [0.05, 0.1) is 32.0 Å². The quantitative estimate of drug-likeness (QED) is 0.305. The Balaban J connectivity index is 0.00000338. The average molecular weight is 477 g/mol. The minimum absolute atomic E-state index is 0. The number of benzene rings is 1. The Hall–Kier alpha value is -0.900. The number of rotatable bonds is 8. The van der Waals surface area contributed by atoms with Crippen molar-refractivity contribution in [1.29, 1.82) is 0 Å². The molecule has 1 aromatic rings. The Labute approximate surface area is 173 Å². The summed E-state index contributed by atoms with van der Waals surface area (Å²) in [6, 6.07) is 8.00. The molecule has 1 aliphatic rings. The van der Waals surface area contributed by atoms with E-state index in [1.807, 2.05) is 38.1 Å². The molecular weight excluding hydrogens is 445 g/mol. The van der Waals surface area contributed by atoms with Crippen molar-refractivity contribution in [3.05, 3.63) is 35.4 Å². The molecule has 3 atom stereocenters. The van der Waals surface area contributed by atoms with E-state index >= 15 is 0 Å². The van der Waals surface area contributed by atoms with Gasteiger partial charge in [-0.2, -0.15) is 0 Å². The summed E-state index contributed by atoms with van der Waals surface area (Å²) < 4.78 is 11.1. The molecule has 0 aliphatic carbocycles. The first kappa shape index (κ1) is 23.1. The molecule has 0 amide bonds. The summed E-state index contributed by atoms with van der Waals surface area (Å²) in [7, 11) is 0. The zero-order valence-corrected chi connectivity index (χ0v) is 18.2. The lowest BCUT2D eigenvalue weighted by molar-refractivity contribution is 0.0347. The maximum atomic E-state index is 10.3. The van der Waals surface area contributed by atoms with E-state index in [9.17, 15) is 5.11 Å². The smallest absolute Gasteiger partial charge is 0.191 e. The molecule has 2 rings (SSSR count). The monoisotopic (exact) mass is 477 g/mol. The zero-order chi connectivity index (χ0) is 18.1. The maximum Gasteiger partial charge on any atom is 0.191 e. The van der Waals surface area contributed by atoms with Gasteiger partial charge in [-0.1, -0.05) is 29.8 Å². The number of ether oxygens (including phenoxy) is 2. The zero-order valence-electron chi connectivity index (χ0n) is 15.9. The molecular formula is C19H32IN3O3. The highest BCUT2D eigenvalue weighted by Gasteiger charge is 2.17. The van der Waals surface area contributed by atoms with Gasteiger partial charge in [0.25, 0.3) is 0 Å². The van der Waals surface area contributed by atoms with Crippen LogP contribution in [0.2, 0.25) is 0 Å². The molecule has 1 heterocycles. The highest BCUT2D eigenvalue weighted by atomic mass is 127. The van der Waals surface area contributed by atoms with Gasteiger partial charge in [-0.15, -0.1) is 24.0 Å². The van der Waals surface area contributed by atoms with Crippen molar-refractivity contribution in [3.8, 4) is 0 Å². The second-order valence-electron chi connectivity index (χ2n) is 6.51. The third kappa shape index (κ3) is 8.20. The maximum absolute atomic E-state index is 10.3. The number of halogens is 1. The molecule has 1 fully saturated rings. The normalized spacial score (nSPS) is 19.5. The van der Waals surface area contributed by atoms with Crippen LogP contribution in [0.4, 0.5) is 0 Å². The van der Waals surface area contributed by atoms with Gasteiger partial charge in [0.15, 0.2) is 5.96 Å². The van der Waals surface area contributed by atoms with E-state index in [1.165, 1.54) is 5.56 Å². The Morgan fingerprint density at radius 2 is 2.12 bits per heavy atom. The van der Waals surface area contributed by atoms with Gasteiger partial charge in [-0.3, -0.25) is 4.99 Å². The average Bonchev–Trinajstić information content (AvgIpc) is 3.12. The second-order valence-corrected chi connectivity index (χ2v) is 6.51. The van der Waals surface area contributed by atoms with E-state index in [0.29, 0.717) is 25.7 Å². The standard InChI is InChI=1S/C19H31N3O3.HI/c1-4-20-19(22-15(3)12-25-17-9-10-24-13-17)21-11-18(23)16-7-5-14(2)6-8-16;/h5-8,15,17-18,23H,4,9-13H2,1-3H3,(H2,20,21,22);1H. The van der Waals surface area contributed by atoms with Crippen molar-refractivity contribution in [2.75, 3.05) is 32.9 Å². The Bertz CT molecular complexity index is 533. The topological polar surface area (TPSA) is 75.1 Å². The van der Waals surface area contributed by atoms with Gasteiger partial charge in [0.2, 0.25) is 0 Å². The number of hydrogen-bond donors (Lipinski definition) is 3. The van der Waals surface area contributed by atoms with E-state index < -0.39 is 6.10 Å². The number of aryl methyl sites for hydroxylation is 1. The Morgan fingerprint density at radius 1 is 1.38 bits per heavy atom. The van der Waals surface area contributed by atoms with Crippen LogP contribution in [-0.4, -0.2) is 56.1 Å². The summed E-state index contributed by atoms with van der Waals surface area (Å²) in [6.45, 7) is 9.24. The SMILES string of the molecule is CCNC(=NCC(O)c1ccc(C)cc1)NC(C)COC1CCOC1.I. The summed E-state index contributed by atoms with van der Waals surface area (Å²) in [4.78, 5) is 4.50. The van der Waals surface area contributed by atoms with Gasteiger partial charge in [0, 0.05) is 19.2 Å². The minimum Gasteiger partial charge on any atom is -0.386 e. The summed E-state index contributed by atoms with van der Waals surface area (Å²) in [5.74, 6) is 0.687. The minimum atomic E-state index is -0.613. The molecule has 1 aliphatic heterocycles. The molecule has 0 aromatic heterocycles. The first-order chi connectivity index (χ1) is 12.1. The molecule has 7 heteroatoms. The van der Waals surface area contributed by atoms with Crippen molar-refractivity contribution < 1.29 is 14.6 Å². The molecule has 148 valence electrons. The van der Waals surface area contributed by atoms with Crippen molar-refractivity contribution in [2.45, 2.75) is 45.4 Å². The summed E-state index contributed by atoms with van der Waals surface area (Å²) in [6.07, 6.45) is 0.550. The summed E-state index contributed by atoms with van der Waals surface area (Å²) in [5.41, 5.74) is 2.05. The predicted octanol–water partition coefficient (Wildman–Crippen LogP) is 2.40. The van der Waals surface area contributed by atoms with E-state index in [4.69, 9.17) is 9.47 Å². The molecule has 3 N–H and O–H groups in total. The van der Waals surface area contributed by atoms with Crippen molar-refractivity contribution in [2.24, 2.45) is 4.99 Å². The van der Waals surface area contributed by atoms with Crippen LogP contribution >= 0.6 is 24.0 Å². The number of aliphatic hydroxyl groups excluding tert-OH is 1. The van der Waals surface area contributed by atoms with Crippen molar-refractivity contribution >= 4 is 29.9 Å². The highest BCUT2D eigenvalue weighted by Crippen LogP contribution is 2.13. The number of guanidine groups is 1. The summed E-state index contributed by atoms with van der Waals surface area (Å²) in [5, 5.41) is 16.8. The summed E-state index contributed by atoms with van der Waals surface area (Å²) >= 11 is 0. The van der Waals surface area contributed by atoms with Gasteiger partial charge in [-0.25, -0.2) is 0 Å². The lowest BCUT2D eigenvalue weighted by Crippen LogP contribution is -2.44. The Morgan fingerprint density at radius 3 is 2.73 bits per heavy atom. The molecule has 3 unspecified atom stereocenters. The third-order valence-electron chi connectivity index (χ3n) is 4.08. The molecule has 0 radical (unpaired) electrons. The third-order valence-corrected chi connectivity index (χ3v) is 4.08. The van der Waals surface area contributed by atoms with Crippen molar-refractivity contribution in [3.63, 3.8) is 0 Å². The van der Waals surface area contributed by atoms with Gasteiger partial charge >= 0.3 is 0 Å². The second kappa shape index (κ2) is 12.5. The fourth-order valence-corrected chi connectivity index (χ4v) is 2.59. The molecule has 1 aromatic carbocycles. The van der Waals surface area contributed by atoms with Crippen LogP contribution < -0.4 is 10.6 Å². The van der Waals surface area contributed by atoms with Crippen LogP contribution in [0.25, 0.3) is 0 Å². The van der Waals surface area contributed by atoms with Crippen LogP contribution in [0.3, 0.4) is 0 Å². The fraction of sp³-hybridized carbons (Fsp3) is 0.632. The molecule has 0 spiro atoms. The van der Waals surface area contributed by atoms with Gasteiger partial charge in [0.1, 0.15) is 0 Å². The van der Waals surface area contributed by atoms with E-state index in [2.05, 4.69) is 22.5 Å². The fourth-order valence-electron chi connectivity index (χ4n) is 2.59.